The molecule has 0 aromatic heterocycles. The number of rotatable bonds is 4. The van der Waals surface area contributed by atoms with Crippen LogP contribution in [0, 0.1) is 0 Å². The van der Waals surface area contributed by atoms with E-state index in [1.54, 1.807) is 11.0 Å². The van der Waals surface area contributed by atoms with Crippen molar-refractivity contribution in [1.29, 1.82) is 0 Å². The van der Waals surface area contributed by atoms with Crippen LogP contribution in [-0.4, -0.2) is 48.4 Å². The smallest absolute Gasteiger partial charge is 0.368 e. The maximum Gasteiger partial charge on any atom is 0.416 e. The van der Waals surface area contributed by atoms with Crippen molar-refractivity contribution < 1.29 is 22.8 Å². The van der Waals surface area contributed by atoms with Crippen LogP contribution in [0.2, 0.25) is 0 Å². The summed E-state index contributed by atoms with van der Waals surface area (Å²) >= 11 is 0. The summed E-state index contributed by atoms with van der Waals surface area (Å²) in [5, 5.41) is 2.92. The van der Waals surface area contributed by atoms with Gasteiger partial charge in [0, 0.05) is 50.2 Å². The Morgan fingerprint density at radius 1 is 1.22 bits per heavy atom. The van der Waals surface area contributed by atoms with Gasteiger partial charge < -0.3 is 15.1 Å². The van der Waals surface area contributed by atoms with Crippen LogP contribution in [0.15, 0.2) is 24.3 Å². The summed E-state index contributed by atoms with van der Waals surface area (Å²) in [6.45, 7) is 3.93. The highest BCUT2D eigenvalue weighted by atomic mass is 19.4. The van der Waals surface area contributed by atoms with Gasteiger partial charge in [0.2, 0.25) is 11.8 Å². The number of halogens is 3. The number of hydrogen-bond donors (Lipinski definition) is 1. The van der Waals surface area contributed by atoms with Gasteiger partial charge in [-0.05, 0) is 38.0 Å². The Balaban J connectivity index is 1.51. The number of carbonyl (C=O) groups is 2. The first-order chi connectivity index (χ1) is 12.7. The molecule has 27 heavy (non-hydrogen) atoms. The van der Waals surface area contributed by atoms with Gasteiger partial charge in [-0.3, -0.25) is 9.59 Å². The average Bonchev–Trinajstić information content (AvgIpc) is 2.98. The highest BCUT2D eigenvalue weighted by Gasteiger charge is 2.34. The summed E-state index contributed by atoms with van der Waals surface area (Å²) < 4.78 is 38.6. The van der Waals surface area contributed by atoms with E-state index in [-0.39, 0.29) is 17.4 Å². The quantitative estimate of drug-likeness (QED) is 0.870. The fraction of sp³-hybridized carbons (Fsp3) is 0.579. The standard InChI is InChI=1S/C19H24F3N3O2/c1-18(7-5-16(26)23-18)8-6-17(27)25-11-9-24(10-12-25)15-4-2-3-14(13-15)19(20,21)22/h2-4,13H,5-12H2,1H3,(H,23,26). The fourth-order valence-corrected chi connectivity index (χ4v) is 3.67. The van der Waals surface area contributed by atoms with Crippen LogP contribution in [-0.2, 0) is 15.8 Å². The molecule has 2 saturated heterocycles. The molecule has 1 aromatic rings. The molecule has 8 heteroatoms. The topological polar surface area (TPSA) is 52.7 Å². The number of piperazine rings is 1. The van der Waals surface area contributed by atoms with Crippen molar-refractivity contribution in [2.75, 3.05) is 31.1 Å². The van der Waals surface area contributed by atoms with Crippen LogP contribution in [0.25, 0.3) is 0 Å². The first kappa shape index (κ1) is 19.5. The Morgan fingerprint density at radius 2 is 1.93 bits per heavy atom. The van der Waals surface area contributed by atoms with E-state index in [4.69, 9.17) is 0 Å². The molecule has 0 aliphatic carbocycles. The Hall–Kier alpha value is -2.25. The second kappa shape index (κ2) is 7.40. The van der Waals surface area contributed by atoms with Gasteiger partial charge >= 0.3 is 6.18 Å². The van der Waals surface area contributed by atoms with Gasteiger partial charge in [0.1, 0.15) is 0 Å². The van der Waals surface area contributed by atoms with Gasteiger partial charge in [-0.25, -0.2) is 0 Å². The van der Waals surface area contributed by atoms with Crippen molar-refractivity contribution >= 4 is 17.5 Å². The molecule has 1 unspecified atom stereocenters. The zero-order chi connectivity index (χ0) is 19.7. The Labute approximate surface area is 156 Å². The number of benzene rings is 1. The van der Waals surface area contributed by atoms with Crippen LogP contribution in [0.5, 0.6) is 0 Å². The predicted octanol–water partition coefficient (Wildman–Crippen LogP) is 2.80. The van der Waals surface area contributed by atoms with Gasteiger partial charge in [-0.15, -0.1) is 0 Å². The number of amides is 2. The monoisotopic (exact) mass is 383 g/mol. The fourth-order valence-electron chi connectivity index (χ4n) is 3.67. The average molecular weight is 383 g/mol. The van der Waals surface area contributed by atoms with Crippen molar-refractivity contribution in [1.82, 2.24) is 10.2 Å². The van der Waals surface area contributed by atoms with Gasteiger partial charge in [0.15, 0.2) is 0 Å². The largest absolute Gasteiger partial charge is 0.416 e. The number of nitrogens with zero attached hydrogens (tertiary/aromatic N) is 2. The Morgan fingerprint density at radius 3 is 2.52 bits per heavy atom. The van der Waals surface area contributed by atoms with E-state index in [1.807, 2.05) is 11.8 Å². The van der Waals surface area contributed by atoms with Gasteiger partial charge in [-0.1, -0.05) is 6.07 Å². The van der Waals surface area contributed by atoms with Crippen molar-refractivity contribution in [3.63, 3.8) is 0 Å². The van der Waals surface area contributed by atoms with Crippen LogP contribution < -0.4 is 10.2 Å². The number of anilines is 1. The maximum atomic E-state index is 12.9. The first-order valence-electron chi connectivity index (χ1n) is 9.17. The third-order valence-corrected chi connectivity index (χ3v) is 5.41. The summed E-state index contributed by atoms with van der Waals surface area (Å²) in [7, 11) is 0. The SMILES string of the molecule is CC1(CCC(=O)N2CCN(c3cccc(C(F)(F)F)c3)CC2)CCC(=O)N1. The van der Waals surface area contributed by atoms with E-state index in [2.05, 4.69) is 5.32 Å². The highest BCUT2D eigenvalue weighted by molar-refractivity contribution is 5.80. The van der Waals surface area contributed by atoms with Crippen LogP contribution in [0.4, 0.5) is 18.9 Å². The minimum atomic E-state index is -4.36. The number of alkyl halides is 3. The normalized spacial score (nSPS) is 23.5. The van der Waals surface area contributed by atoms with Crippen molar-refractivity contribution in [3.05, 3.63) is 29.8 Å². The molecule has 1 N–H and O–H groups in total. The molecule has 2 heterocycles. The van der Waals surface area contributed by atoms with Crippen LogP contribution in [0.3, 0.4) is 0 Å². The summed E-state index contributed by atoms with van der Waals surface area (Å²) in [4.78, 5) is 27.5. The summed E-state index contributed by atoms with van der Waals surface area (Å²) in [6.07, 6.45) is -2.16. The lowest BCUT2D eigenvalue weighted by molar-refractivity contribution is -0.137. The number of hydrogen-bond acceptors (Lipinski definition) is 3. The molecule has 1 aromatic carbocycles. The summed E-state index contributed by atoms with van der Waals surface area (Å²) in [5.41, 5.74) is -0.449. The van der Waals surface area contributed by atoms with Gasteiger partial charge in [0.05, 0.1) is 5.56 Å². The third-order valence-electron chi connectivity index (χ3n) is 5.41. The third kappa shape index (κ3) is 4.73. The van der Waals surface area contributed by atoms with Crippen molar-refractivity contribution in [2.24, 2.45) is 0 Å². The molecule has 0 saturated carbocycles. The molecular weight excluding hydrogens is 359 g/mol. The highest BCUT2D eigenvalue weighted by Crippen LogP contribution is 2.32. The molecule has 1 atom stereocenters. The maximum absolute atomic E-state index is 12.9. The summed E-state index contributed by atoms with van der Waals surface area (Å²) in [6, 6.07) is 5.29. The first-order valence-corrected chi connectivity index (χ1v) is 9.17. The molecule has 148 valence electrons. The van der Waals surface area contributed by atoms with E-state index >= 15 is 0 Å². The Kier molecular flexibility index (Phi) is 5.35. The van der Waals surface area contributed by atoms with E-state index < -0.39 is 11.7 Å². The summed E-state index contributed by atoms with van der Waals surface area (Å²) in [5.74, 6) is 0.0562. The van der Waals surface area contributed by atoms with E-state index in [0.717, 1.165) is 18.6 Å². The molecule has 0 radical (unpaired) electrons. The molecule has 2 fully saturated rings. The molecule has 2 aliphatic rings. The molecule has 2 amide bonds. The van der Waals surface area contributed by atoms with Gasteiger partial charge in [-0.2, -0.15) is 13.2 Å². The minimum Gasteiger partial charge on any atom is -0.368 e. The molecule has 0 bridgehead atoms. The van der Waals surface area contributed by atoms with Crippen LogP contribution in [0.1, 0.15) is 38.2 Å². The lowest BCUT2D eigenvalue weighted by Gasteiger charge is -2.37. The molecule has 3 rings (SSSR count). The van der Waals surface area contributed by atoms with E-state index in [0.29, 0.717) is 51.1 Å². The minimum absolute atomic E-state index is 0.0275. The zero-order valence-corrected chi connectivity index (χ0v) is 15.3. The lowest BCUT2D eigenvalue weighted by atomic mass is 9.94. The van der Waals surface area contributed by atoms with Gasteiger partial charge in [0.25, 0.3) is 0 Å². The second-order valence-corrected chi connectivity index (χ2v) is 7.52. The molecule has 5 nitrogen and oxygen atoms in total. The van der Waals surface area contributed by atoms with Crippen LogP contribution >= 0.6 is 0 Å². The lowest BCUT2D eigenvalue weighted by Crippen LogP contribution is -2.49. The number of nitrogens with one attached hydrogen (secondary N) is 1. The Bertz CT molecular complexity index is 714. The molecule has 2 aliphatic heterocycles. The number of carbonyl (C=O) groups excluding carboxylic acids is 2. The van der Waals surface area contributed by atoms with E-state index in [9.17, 15) is 22.8 Å². The van der Waals surface area contributed by atoms with Crippen molar-refractivity contribution in [3.8, 4) is 0 Å². The van der Waals surface area contributed by atoms with Crippen molar-refractivity contribution in [2.45, 2.75) is 44.3 Å². The molecule has 0 spiro atoms. The molecular formula is C19H24F3N3O2. The zero-order valence-electron chi connectivity index (χ0n) is 15.3. The van der Waals surface area contributed by atoms with E-state index in [1.165, 1.54) is 6.07 Å². The predicted molar refractivity (Wildman–Crippen MR) is 95.3 cm³/mol. The second-order valence-electron chi connectivity index (χ2n) is 7.52.